The zero-order valence-corrected chi connectivity index (χ0v) is 26.5. The van der Waals surface area contributed by atoms with Crippen LogP contribution < -0.4 is 18.3 Å². The van der Waals surface area contributed by atoms with E-state index in [-0.39, 0.29) is 24.8 Å². The van der Waals surface area contributed by atoms with Crippen LogP contribution in [-0.4, -0.2) is 18.4 Å². The molecule has 3 nitrogen and oxygen atoms in total. The van der Waals surface area contributed by atoms with Crippen LogP contribution in [0.5, 0.6) is 17.2 Å². The first-order valence-corrected chi connectivity index (χ1v) is 18.1. The van der Waals surface area contributed by atoms with Crippen LogP contribution in [0.2, 0.25) is 9.50 Å². The molecule has 3 aromatic carbocycles. The third kappa shape index (κ3) is 4.71. The predicted octanol–water partition coefficient (Wildman–Crippen LogP) is 7.67. The third-order valence-corrected chi connectivity index (χ3v) is 21.2. The Hall–Kier alpha value is -1.58. The van der Waals surface area contributed by atoms with E-state index in [1.54, 1.807) is 13.0 Å². The van der Waals surface area contributed by atoms with Crippen LogP contribution in [0.3, 0.4) is 0 Å². The zero-order chi connectivity index (χ0) is 26.5. The van der Waals surface area contributed by atoms with Gasteiger partial charge in [-0.05, 0) is 0 Å². The Kier molecular flexibility index (Phi) is 7.85. The van der Waals surface area contributed by atoms with Crippen molar-refractivity contribution in [1.82, 2.24) is 0 Å². The number of phenols is 1. The fraction of sp³-hybridized carbons (Fsp3) is 0.357. The molecule has 36 heavy (non-hydrogen) atoms. The number of fused-ring (bicyclic) bond motifs is 1. The van der Waals surface area contributed by atoms with Crippen molar-refractivity contribution in [2.75, 3.05) is 0 Å². The van der Waals surface area contributed by atoms with Gasteiger partial charge in [-0.1, -0.05) is 0 Å². The second-order valence-electron chi connectivity index (χ2n) is 10.1. The predicted molar refractivity (Wildman–Crippen MR) is 150 cm³/mol. The van der Waals surface area contributed by atoms with Gasteiger partial charge in [0.2, 0.25) is 0 Å². The number of ether oxygens (including phenoxy) is 2. The first-order chi connectivity index (χ1) is 16.9. The van der Waals surface area contributed by atoms with E-state index in [2.05, 4.69) is 59.6 Å². The Balaban J connectivity index is 1.76. The molecule has 8 heteroatoms. The Bertz CT molecular complexity index is 1290. The summed E-state index contributed by atoms with van der Waals surface area (Å²) in [6.45, 7) is 13.1. The quantitative estimate of drug-likeness (QED) is 0.248. The maximum atomic E-state index is 13.8. The summed E-state index contributed by atoms with van der Waals surface area (Å²) in [5, 5.41) is 11.1. The molecule has 0 aromatic heterocycles. The summed E-state index contributed by atoms with van der Waals surface area (Å²) >= 11 is 4.10. The molecule has 0 bridgehead atoms. The van der Waals surface area contributed by atoms with E-state index in [0.29, 0.717) is 46.8 Å². The first kappa shape index (κ1) is 27.5. The van der Waals surface area contributed by atoms with E-state index in [9.17, 15) is 13.9 Å². The molecule has 0 amide bonds. The summed E-state index contributed by atoms with van der Waals surface area (Å²) in [5.74, 6) is 0.825. The van der Waals surface area contributed by atoms with Gasteiger partial charge in [0, 0.05) is 0 Å². The summed E-state index contributed by atoms with van der Waals surface area (Å²) in [6, 6.07) is 7.46. The monoisotopic (exact) mass is 684 g/mol. The molecule has 0 unspecified atom stereocenters. The summed E-state index contributed by atoms with van der Waals surface area (Å²) in [4.78, 5) is 0. The molecule has 0 fully saturated rings. The van der Waals surface area contributed by atoms with Crippen LogP contribution in [0.4, 0.5) is 8.78 Å². The minimum atomic E-state index is -2.73. The molecule has 0 atom stereocenters. The van der Waals surface area contributed by atoms with Crippen LogP contribution in [0.15, 0.2) is 39.3 Å². The zero-order valence-electron chi connectivity index (χ0n) is 21.2. The molecule has 0 saturated heterocycles. The summed E-state index contributed by atoms with van der Waals surface area (Å²) in [5.41, 5.74) is 3.26. The maximum absolute atomic E-state index is 13.8. The van der Waals surface area contributed by atoms with E-state index in [1.807, 2.05) is 6.92 Å². The van der Waals surface area contributed by atoms with Gasteiger partial charge in [-0.3, -0.25) is 0 Å². The molecule has 3 aromatic rings. The van der Waals surface area contributed by atoms with E-state index >= 15 is 0 Å². The number of phenolic OH excluding ortho intramolecular Hbond substituents is 1. The van der Waals surface area contributed by atoms with Gasteiger partial charge in [0.05, 0.1) is 0 Å². The Morgan fingerprint density at radius 2 is 1.25 bits per heavy atom. The molecule has 0 saturated carbocycles. The Morgan fingerprint density at radius 1 is 0.778 bits per heavy atom. The molecule has 192 valence electrons. The average Bonchev–Trinajstić information content (AvgIpc) is 3.46. The number of halogens is 4. The number of hydrogen-bond donors (Lipinski definition) is 1. The van der Waals surface area contributed by atoms with Gasteiger partial charge in [0.25, 0.3) is 0 Å². The van der Waals surface area contributed by atoms with Crippen molar-refractivity contribution in [3.8, 4) is 17.2 Å². The molecular formula is C28H30Br2F2GeO3. The third-order valence-electron chi connectivity index (χ3n) is 7.21. The first-order valence-electron chi connectivity index (χ1n) is 11.9. The van der Waals surface area contributed by atoms with E-state index < -0.39 is 13.3 Å². The second-order valence-corrected chi connectivity index (χ2v) is 22.4. The molecule has 0 spiro atoms. The number of hydrogen-bond acceptors (Lipinski definition) is 3. The number of rotatable bonds is 8. The summed E-state index contributed by atoms with van der Waals surface area (Å²) in [6.07, 6.45) is 0. The van der Waals surface area contributed by atoms with Crippen molar-refractivity contribution in [3.63, 3.8) is 0 Å². The van der Waals surface area contributed by atoms with Crippen molar-refractivity contribution in [2.45, 2.75) is 64.3 Å². The van der Waals surface area contributed by atoms with Gasteiger partial charge in [-0.2, -0.15) is 0 Å². The normalized spacial score (nSPS) is 13.8. The van der Waals surface area contributed by atoms with E-state index in [4.69, 9.17) is 9.47 Å². The SMILES string of the molecule is Cc1cc(F)cc(Br)c1OCc1cc(O)[c]2[c](c1COc1c(C)cc(F)cc1Br)[Ge]2([CH](C)C)[CH](C)C. The molecule has 0 radical (unpaired) electrons. The Labute approximate surface area is 230 Å². The number of benzene rings is 3. The number of aryl methyl sites for hydroxylation is 2. The molecule has 1 aliphatic heterocycles. The Morgan fingerprint density at radius 3 is 1.69 bits per heavy atom. The van der Waals surface area contributed by atoms with Crippen LogP contribution in [0.1, 0.15) is 49.9 Å². The van der Waals surface area contributed by atoms with Gasteiger partial charge in [-0.15, -0.1) is 0 Å². The molecule has 4 rings (SSSR count). The van der Waals surface area contributed by atoms with Gasteiger partial charge in [0.15, 0.2) is 0 Å². The molecule has 1 aliphatic rings. The molecule has 0 aliphatic carbocycles. The van der Waals surface area contributed by atoms with Gasteiger partial charge >= 0.3 is 232 Å². The number of aromatic hydroxyl groups is 1. The van der Waals surface area contributed by atoms with Crippen LogP contribution in [-0.2, 0) is 13.2 Å². The van der Waals surface area contributed by atoms with Crippen LogP contribution in [0.25, 0.3) is 0 Å². The minimum absolute atomic E-state index is 0.197. The van der Waals surface area contributed by atoms with Crippen molar-refractivity contribution in [1.29, 1.82) is 0 Å². The van der Waals surface area contributed by atoms with Crippen molar-refractivity contribution >= 4 is 53.9 Å². The fourth-order valence-corrected chi connectivity index (χ4v) is 20.7. The summed E-state index contributed by atoms with van der Waals surface area (Å²) < 4.78 is 44.5. The van der Waals surface area contributed by atoms with Crippen molar-refractivity contribution in [2.24, 2.45) is 0 Å². The molecule has 1 heterocycles. The van der Waals surface area contributed by atoms with E-state index in [0.717, 1.165) is 15.5 Å². The topological polar surface area (TPSA) is 38.7 Å². The van der Waals surface area contributed by atoms with E-state index in [1.165, 1.54) is 28.7 Å². The summed E-state index contributed by atoms with van der Waals surface area (Å²) in [7, 11) is 0. The van der Waals surface area contributed by atoms with Crippen LogP contribution in [0, 0.1) is 25.5 Å². The van der Waals surface area contributed by atoms with Gasteiger partial charge in [0.1, 0.15) is 0 Å². The standard InChI is InChI=1S/C28H30Br2F2GeO3/c1-14(2)33(15(3)4)25-21(13-36-28-17(6)8-20(32)11-23(28)30)18(9-24(34)26(25)33)12-35-27-16(5)7-19(31)10-22(27)29/h7-11,14-15,34H,12-13H2,1-6H3. The fourth-order valence-electron chi connectivity index (χ4n) is 5.69. The van der Waals surface area contributed by atoms with Gasteiger partial charge in [-0.25, -0.2) is 0 Å². The second kappa shape index (κ2) is 10.3. The average molecular weight is 685 g/mol. The van der Waals surface area contributed by atoms with Crippen LogP contribution >= 0.6 is 31.9 Å². The van der Waals surface area contributed by atoms with Crippen molar-refractivity contribution < 1.29 is 23.4 Å². The molecular weight excluding hydrogens is 655 g/mol. The van der Waals surface area contributed by atoms with Gasteiger partial charge < -0.3 is 0 Å². The van der Waals surface area contributed by atoms with Crippen molar-refractivity contribution in [3.05, 3.63) is 73.2 Å². The molecule has 1 N–H and O–H groups in total.